The van der Waals surface area contributed by atoms with E-state index in [4.69, 9.17) is 18.9 Å². The van der Waals surface area contributed by atoms with Crippen LogP contribution < -0.4 is 5.32 Å². The van der Waals surface area contributed by atoms with Crippen molar-refractivity contribution < 1.29 is 47.7 Å². The van der Waals surface area contributed by atoms with Crippen molar-refractivity contribution >= 4 is 47.5 Å². The van der Waals surface area contributed by atoms with Gasteiger partial charge in [-0.3, -0.25) is 9.59 Å². The molecule has 0 radical (unpaired) electrons. The highest BCUT2D eigenvalue weighted by molar-refractivity contribution is 8.01. The number of nitrogens with one attached hydrogen (secondary N) is 1. The third-order valence-corrected chi connectivity index (χ3v) is 11.8. The van der Waals surface area contributed by atoms with Gasteiger partial charge in [-0.25, -0.2) is 19.2 Å². The second-order valence-corrected chi connectivity index (χ2v) is 16.1. The summed E-state index contributed by atoms with van der Waals surface area (Å²) in [6.07, 6.45) is -2.56. The van der Waals surface area contributed by atoms with Gasteiger partial charge in [0, 0.05) is 10.7 Å². The molecule has 1 N–H and O–H groups in total. The van der Waals surface area contributed by atoms with Gasteiger partial charge >= 0.3 is 23.9 Å². The molecule has 4 aromatic carbocycles. The summed E-state index contributed by atoms with van der Waals surface area (Å²) in [6, 6.07) is 32.0. The summed E-state index contributed by atoms with van der Waals surface area (Å²) in [5.41, 5.74) is 1.54. The fourth-order valence-corrected chi connectivity index (χ4v) is 9.01. The number of carbonyl (C=O) groups is 6. The van der Waals surface area contributed by atoms with Crippen molar-refractivity contribution in [2.75, 3.05) is 6.61 Å². The second-order valence-electron chi connectivity index (χ2n) is 14.4. The molecular weight excluding hydrogens is 737 g/mol. The summed E-state index contributed by atoms with van der Waals surface area (Å²) < 4.78 is 22.6. The number of fused-ring (bicyclic) bond motifs is 1. The average molecular weight is 777 g/mol. The molecule has 1 saturated carbocycles. The van der Waals surface area contributed by atoms with Crippen LogP contribution in [-0.2, 0) is 39.9 Å². The molecule has 3 fully saturated rings. The maximum atomic E-state index is 14.3. The Kier molecular flexibility index (Phi) is 11.2. The second kappa shape index (κ2) is 16.4. The van der Waals surface area contributed by atoms with E-state index in [0.29, 0.717) is 5.56 Å². The minimum absolute atomic E-state index is 0.0181. The maximum Gasteiger partial charge on any atom is 0.338 e. The Morgan fingerprint density at radius 3 is 1.75 bits per heavy atom. The number of nitrogens with zero attached hydrogens (tertiary/aromatic N) is 1. The van der Waals surface area contributed by atoms with E-state index >= 15 is 0 Å². The highest BCUT2D eigenvalue weighted by Crippen LogP contribution is 2.51. The van der Waals surface area contributed by atoms with Crippen LogP contribution in [0, 0.1) is 11.8 Å². The Morgan fingerprint density at radius 2 is 1.20 bits per heavy atom. The van der Waals surface area contributed by atoms with Crippen LogP contribution in [0.15, 0.2) is 121 Å². The fourth-order valence-electron chi connectivity index (χ4n) is 7.39. The Balaban J connectivity index is 1.12. The molecule has 13 heteroatoms. The molecule has 0 spiro atoms. The van der Waals surface area contributed by atoms with Crippen molar-refractivity contribution in [3.8, 4) is 0 Å². The van der Waals surface area contributed by atoms with E-state index in [-0.39, 0.29) is 30.8 Å². The SMILES string of the molecule is CC1(C)S[C@@H]2[C@H](NC(=O)[C@@H]3C[C@H](COC(=O)c4ccccc4)[C@@H](OC(=O)c4ccccc4)[C@H]3OC(=O)c3ccccc3)C(=O)N2[C@H]1C(=O)OCc1ccccc1. The van der Waals surface area contributed by atoms with Crippen LogP contribution in [0.2, 0.25) is 0 Å². The molecule has 12 nitrogen and oxygen atoms in total. The zero-order chi connectivity index (χ0) is 39.4. The minimum Gasteiger partial charge on any atom is -0.462 e. The van der Waals surface area contributed by atoms with Crippen LogP contribution >= 0.6 is 11.8 Å². The molecule has 0 bridgehead atoms. The third kappa shape index (κ3) is 8.04. The number of β-lactam (4-membered cyclic amide) rings is 1. The van der Waals surface area contributed by atoms with E-state index in [9.17, 15) is 28.8 Å². The van der Waals surface area contributed by atoms with Gasteiger partial charge in [-0.05, 0) is 62.2 Å². The van der Waals surface area contributed by atoms with Crippen LogP contribution in [0.25, 0.3) is 0 Å². The molecule has 2 amide bonds. The van der Waals surface area contributed by atoms with Crippen molar-refractivity contribution in [1.29, 1.82) is 0 Å². The van der Waals surface area contributed by atoms with Crippen molar-refractivity contribution in [2.45, 2.75) is 61.3 Å². The van der Waals surface area contributed by atoms with E-state index in [0.717, 1.165) is 5.56 Å². The van der Waals surface area contributed by atoms with Gasteiger partial charge in [-0.2, -0.15) is 0 Å². The van der Waals surface area contributed by atoms with Gasteiger partial charge in [0.15, 0.2) is 6.10 Å². The largest absolute Gasteiger partial charge is 0.462 e. The number of benzene rings is 4. The number of hydrogen-bond acceptors (Lipinski definition) is 11. The van der Waals surface area contributed by atoms with Crippen LogP contribution in [-0.4, -0.2) is 81.6 Å². The lowest BCUT2D eigenvalue weighted by atomic mass is 9.95. The molecule has 4 aromatic rings. The highest BCUT2D eigenvalue weighted by Gasteiger charge is 2.65. The normalized spacial score (nSPS) is 24.6. The fraction of sp³-hybridized carbons (Fsp3) is 0.302. The molecule has 288 valence electrons. The van der Waals surface area contributed by atoms with Gasteiger partial charge in [-0.1, -0.05) is 84.9 Å². The monoisotopic (exact) mass is 776 g/mol. The predicted octanol–water partition coefficient (Wildman–Crippen LogP) is 5.22. The molecule has 7 atom stereocenters. The number of thioether (sulfide) groups is 1. The molecule has 2 saturated heterocycles. The topological polar surface area (TPSA) is 155 Å². The summed E-state index contributed by atoms with van der Waals surface area (Å²) in [5, 5.41) is 2.28. The molecule has 1 aliphatic carbocycles. The van der Waals surface area contributed by atoms with Crippen molar-refractivity contribution in [1.82, 2.24) is 10.2 Å². The number of rotatable bonds is 12. The quantitative estimate of drug-likeness (QED) is 0.114. The summed E-state index contributed by atoms with van der Waals surface area (Å²) in [6.45, 7) is 3.48. The van der Waals surface area contributed by atoms with Crippen molar-refractivity contribution in [2.24, 2.45) is 11.8 Å². The standard InChI is InChI=1S/C43H40N2O10S/c1-43(2)35(42(51)52-24-26-15-7-3-8-16-26)45-37(47)32(38(45)56-43)44-36(46)31-23-30(25-53-39(48)27-17-9-4-10-18-27)33(54-40(49)28-19-11-5-12-20-28)34(31)55-41(50)29-21-13-6-14-22-29/h3-22,30-35,38H,23-25H2,1-2H3,(H,44,46)/t30-,31-,32-,33-,34+,35+,38-/m1/s1. The first-order valence-electron chi connectivity index (χ1n) is 18.3. The Hall–Kier alpha value is -5.95. The number of amides is 2. The first kappa shape index (κ1) is 38.3. The maximum absolute atomic E-state index is 14.3. The van der Waals surface area contributed by atoms with Gasteiger partial charge in [0.2, 0.25) is 11.8 Å². The Morgan fingerprint density at radius 1 is 0.696 bits per heavy atom. The lowest BCUT2D eigenvalue weighted by Crippen LogP contribution is -2.71. The van der Waals surface area contributed by atoms with E-state index in [1.807, 2.05) is 44.2 Å². The molecule has 0 unspecified atom stereocenters. The molecular formula is C43H40N2O10S. The zero-order valence-corrected chi connectivity index (χ0v) is 31.5. The zero-order valence-electron chi connectivity index (χ0n) is 30.6. The Labute approximate surface area is 327 Å². The number of esters is 4. The average Bonchev–Trinajstić information content (AvgIpc) is 3.69. The lowest BCUT2D eigenvalue weighted by Gasteiger charge is -2.44. The number of carbonyl (C=O) groups excluding carboxylic acids is 6. The highest BCUT2D eigenvalue weighted by atomic mass is 32.2. The van der Waals surface area contributed by atoms with Crippen LogP contribution in [0.4, 0.5) is 0 Å². The van der Waals surface area contributed by atoms with Crippen LogP contribution in [0.1, 0.15) is 56.9 Å². The first-order valence-corrected chi connectivity index (χ1v) is 19.1. The number of ether oxygens (including phenoxy) is 4. The van der Waals surface area contributed by atoms with Crippen LogP contribution in [0.3, 0.4) is 0 Å². The summed E-state index contributed by atoms with van der Waals surface area (Å²) in [4.78, 5) is 83.0. The molecule has 56 heavy (non-hydrogen) atoms. The summed E-state index contributed by atoms with van der Waals surface area (Å²) >= 11 is 1.37. The van der Waals surface area contributed by atoms with Gasteiger partial charge in [-0.15, -0.1) is 11.8 Å². The molecule has 2 heterocycles. The van der Waals surface area contributed by atoms with Gasteiger partial charge in [0.25, 0.3) is 0 Å². The molecule has 7 rings (SSSR count). The molecule has 0 aromatic heterocycles. The summed E-state index contributed by atoms with van der Waals surface area (Å²) in [5.74, 6) is -5.64. The van der Waals surface area contributed by atoms with E-state index < -0.39 is 81.9 Å². The predicted molar refractivity (Wildman–Crippen MR) is 204 cm³/mol. The third-order valence-electron chi connectivity index (χ3n) is 10.2. The number of hydrogen-bond donors (Lipinski definition) is 1. The van der Waals surface area contributed by atoms with Crippen LogP contribution in [0.5, 0.6) is 0 Å². The van der Waals surface area contributed by atoms with Gasteiger partial charge in [0.1, 0.15) is 30.2 Å². The van der Waals surface area contributed by atoms with Crippen molar-refractivity contribution in [3.05, 3.63) is 144 Å². The van der Waals surface area contributed by atoms with Crippen molar-refractivity contribution in [3.63, 3.8) is 0 Å². The molecule has 3 aliphatic rings. The minimum atomic E-state index is -1.32. The first-order chi connectivity index (χ1) is 27.0. The lowest BCUT2D eigenvalue weighted by molar-refractivity contribution is -0.165. The molecule has 2 aliphatic heterocycles. The van der Waals surface area contributed by atoms with E-state index in [1.165, 1.54) is 16.7 Å². The smallest absolute Gasteiger partial charge is 0.338 e. The van der Waals surface area contributed by atoms with Gasteiger partial charge in [0.05, 0.1) is 29.2 Å². The van der Waals surface area contributed by atoms with Gasteiger partial charge < -0.3 is 29.2 Å². The summed E-state index contributed by atoms with van der Waals surface area (Å²) in [7, 11) is 0. The van der Waals surface area contributed by atoms with E-state index in [1.54, 1.807) is 91.0 Å². The Bertz CT molecular complexity index is 2080. The van der Waals surface area contributed by atoms with E-state index in [2.05, 4.69) is 5.32 Å².